The molecule has 1 saturated carbocycles. The summed E-state index contributed by atoms with van der Waals surface area (Å²) in [5.74, 6) is 0.966. The molecule has 2 nitrogen and oxygen atoms in total. The molecule has 3 N–H and O–H groups in total. The number of hydrogen-bond donors (Lipinski definition) is 2. The third-order valence-corrected chi connectivity index (χ3v) is 2.98. The van der Waals surface area contributed by atoms with Gasteiger partial charge in [0.25, 0.3) is 0 Å². The Morgan fingerprint density at radius 2 is 2.30 bits per heavy atom. The quantitative estimate of drug-likeness (QED) is 0.556. The van der Waals surface area contributed by atoms with Crippen LogP contribution in [0.1, 0.15) is 25.7 Å². The van der Waals surface area contributed by atoms with Crippen LogP contribution in [0.25, 0.3) is 0 Å². The maximum atomic E-state index is 5.57. The minimum absolute atomic E-state index is 0.635. The highest BCUT2D eigenvalue weighted by molar-refractivity contribution is 4.94. The van der Waals surface area contributed by atoms with Gasteiger partial charge < -0.3 is 11.1 Å². The smallest absolute Gasteiger partial charge is 0.0196 e. The molecule has 0 aromatic heterocycles. The molecular weight excluding hydrogens is 124 g/mol. The molecule has 2 rings (SSSR count). The second-order valence-corrected chi connectivity index (χ2v) is 3.63. The van der Waals surface area contributed by atoms with E-state index in [0.717, 1.165) is 18.5 Å². The molecule has 0 spiro atoms. The zero-order chi connectivity index (χ0) is 6.97. The van der Waals surface area contributed by atoms with E-state index in [1.165, 1.54) is 25.7 Å². The van der Waals surface area contributed by atoms with E-state index in [0.29, 0.717) is 6.04 Å². The number of fused-ring (bicyclic) bond motifs is 1. The van der Waals surface area contributed by atoms with Crippen molar-refractivity contribution in [3.05, 3.63) is 0 Å². The van der Waals surface area contributed by atoms with Crippen molar-refractivity contribution in [3.8, 4) is 0 Å². The number of nitrogens with two attached hydrogens (primary N) is 1. The summed E-state index contributed by atoms with van der Waals surface area (Å²) in [4.78, 5) is 0. The summed E-state index contributed by atoms with van der Waals surface area (Å²) in [6.07, 6.45) is 5.59. The summed E-state index contributed by atoms with van der Waals surface area (Å²) < 4.78 is 0. The van der Waals surface area contributed by atoms with Crippen LogP contribution in [0.15, 0.2) is 0 Å². The van der Waals surface area contributed by atoms with Gasteiger partial charge in [-0.05, 0) is 25.2 Å². The summed E-state index contributed by atoms with van der Waals surface area (Å²) in [7, 11) is 0. The van der Waals surface area contributed by atoms with Gasteiger partial charge in [0.15, 0.2) is 0 Å². The lowest BCUT2D eigenvalue weighted by Crippen LogP contribution is -2.34. The first kappa shape index (κ1) is 6.62. The van der Waals surface area contributed by atoms with Crippen molar-refractivity contribution in [2.45, 2.75) is 37.8 Å². The van der Waals surface area contributed by atoms with Crippen molar-refractivity contribution >= 4 is 0 Å². The molecule has 0 bridgehead atoms. The van der Waals surface area contributed by atoms with Crippen LogP contribution in [-0.2, 0) is 0 Å². The fourth-order valence-electron chi connectivity index (χ4n) is 2.44. The van der Waals surface area contributed by atoms with Crippen LogP contribution in [0.5, 0.6) is 0 Å². The fraction of sp³-hybridized carbons (Fsp3) is 1.00. The molecule has 58 valence electrons. The average Bonchev–Trinajstić information content (AvgIpc) is 2.42. The molecule has 0 aromatic carbocycles. The van der Waals surface area contributed by atoms with Gasteiger partial charge in [-0.25, -0.2) is 0 Å². The van der Waals surface area contributed by atoms with Crippen LogP contribution >= 0.6 is 0 Å². The van der Waals surface area contributed by atoms with Gasteiger partial charge in [-0.1, -0.05) is 6.42 Å². The third-order valence-electron chi connectivity index (χ3n) is 2.98. The lowest BCUT2D eigenvalue weighted by Gasteiger charge is -2.09. The molecule has 2 heteroatoms. The van der Waals surface area contributed by atoms with E-state index in [-0.39, 0.29) is 0 Å². The van der Waals surface area contributed by atoms with Crippen LogP contribution in [0.4, 0.5) is 0 Å². The molecule has 2 fully saturated rings. The number of hydrogen-bond acceptors (Lipinski definition) is 2. The van der Waals surface area contributed by atoms with E-state index in [1.54, 1.807) is 0 Å². The van der Waals surface area contributed by atoms with Gasteiger partial charge in [0.05, 0.1) is 0 Å². The summed E-state index contributed by atoms with van der Waals surface area (Å²) in [5.41, 5.74) is 5.57. The molecule has 0 aromatic rings. The molecule has 1 heterocycles. The molecule has 10 heavy (non-hydrogen) atoms. The van der Waals surface area contributed by atoms with Crippen molar-refractivity contribution in [1.29, 1.82) is 0 Å². The van der Waals surface area contributed by atoms with Crippen LogP contribution < -0.4 is 11.1 Å². The van der Waals surface area contributed by atoms with Crippen molar-refractivity contribution in [2.75, 3.05) is 6.54 Å². The topological polar surface area (TPSA) is 38.0 Å². The van der Waals surface area contributed by atoms with Gasteiger partial charge in [0.2, 0.25) is 0 Å². The van der Waals surface area contributed by atoms with E-state index in [4.69, 9.17) is 5.73 Å². The Hall–Kier alpha value is -0.0800. The van der Waals surface area contributed by atoms with Gasteiger partial charge in [-0.2, -0.15) is 0 Å². The Labute approximate surface area is 62.2 Å². The van der Waals surface area contributed by atoms with E-state index in [9.17, 15) is 0 Å². The SMILES string of the molecule is NC[C@@H]1C[C@@H]2CCC[C@@H]2N1. The van der Waals surface area contributed by atoms with Gasteiger partial charge >= 0.3 is 0 Å². The highest BCUT2D eigenvalue weighted by atomic mass is 15.0. The first-order valence-corrected chi connectivity index (χ1v) is 4.36. The highest BCUT2D eigenvalue weighted by Gasteiger charge is 2.35. The average molecular weight is 140 g/mol. The Kier molecular flexibility index (Phi) is 1.66. The second-order valence-electron chi connectivity index (χ2n) is 3.63. The van der Waals surface area contributed by atoms with Crippen molar-refractivity contribution in [3.63, 3.8) is 0 Å². The predicted molar refractivity (Wildman–Crippen MR) is 41.7 cm³/mol. The van der Waals surface area contributed by atoms with Crippen molar-refractivity contribution < 1.29 is 0 Å². The standard InChI is InChI=1S/C8H16N2/c9-5-7-4-6-2-1-3-8(6)10-7/h6-8,10H,1-5,9H2/t6-,7-,8-/m0/s1. The monoisotopic (exact) mass is 140 g/mol. The predicted octanol–water partition coefficient (Wildman–Crippen LogP) is 0.476. The van der Waals surface area contributed by atoms with E-state index in [2.05, 4.69) is 5.32 Å². The third kappa shape index (κ3) is 0.956. The fourth-order valence-corrected chi connectivity index (χ4v) is 2.44. The summed E-state index contributed by atoms with van der Waals surface area (Å²) >= 11 is 0. The van der Waals surface area contributed by atoms with Crippen LogP contribution in [0, 0.1) is 5.92 Å². The zero-order valence-electron chi connectivity index (χ0n) is 6.34. The molecule has 0 amide bonds. The lowest BCUT2D eigenvalue weighted by molar-refractivity contribution is 0.516. The van der Waals surface area contributed by atoms with E-state index in [1.807, 2.05) is 0 Å². The van der Waals surface area contributed by atoms with Crippen LogP contribution in [0.3, 0.4) is 0 Å². The highest BCUT2D eigenvalue weighted by Crippen LogP contribution is 2.34. The Morgan fingerprint density at radius 1 is 1.40 bits per heavy atom. The van der Waals surface area contributed by atoms with Gasteiger partial charge in [-0.3, -0.25) is 0 Å². The van der Waals surface area contributed by atoms with E-state index < -0.39 is 0 Å². The molecule has 0 radical (unpaired) electrons. The first-order valence-electron chi connectivity index (χ1n) is 4.36. The minimum Gasteiger partial charge on any atom is -0.329 e. The van der Waals surface area contributed by atoms with E-state index >= 15 is 0 Å². The zero-order valence-corrected chi connectivity index (χ0v) is 6.34. The largest absolute Gasteiger partial charge is 0.329 e. The molecular formula is C8H16N2. The molecule has 1 saturated heterocycles. The molecule has 2 aliphatic rings. The van der Waals surface area contributed by atoms with Crippen LogP contribution in [0.2, 0.25) is 0 Å². The lowest BCUT2D eigenvalue weighted by atomic mass is 10.0. The van der Waals surface area contributed by atoms with Gasteiger partial charge in [-0.15, -0.1) is 0 Å². The number of nitrogens with one attached hydrogen (secondary N) is 1. The maximum absolute atomic E-state index is 5.57. The molecule has 1 aliphatic heterocycles. The molecule has 0 unspecified atom stereocenters. The second kappa shape index (κ2) is 2.51. The summed E-state index contributed by atoms with van der Waals surface area (Å²) in [6, 6.07) is 1.46. The summed E-state index contributed by atoms with van der Waals surface area (Å²) in [5, 5.41) is 3.58. The first-order chi connectivity index (χ1) is 4.90. The summed E-state index contributed by atoms with van der Waals surface area (Å²) in [6.45, 7) is 0.826. The van der Waals surface area contributed by atoms with Crippen molar-refractivity contribution in [1.82, 2.24) is 5.32 Å². The Morgan fingerprint density at radius 3 is 3.00 bits per heavy atom. The van der Waals surface area contributed by atoms with Crippen LogP contribution in [-0.4, -0.2) is 18.6 Å². The van der Waals surface area contributed by atoms with Crippen molar-refractivity contribution in [2.24, 2.45) is 11.7 Å². The molecule has 3 atom stereocenters. The van der Waals surface area contributed by atoms with Gasteiger partial charge in [0, 0.05) is 18.6 Å². The normalized spacial score (nSPS) is 45.9. The maximum Gasteiger partial charge on any atom is 0.0196 e. The Balaban J connectivity index is 1.94. The minimum atomic E-state index is 0.635. The molecule has 1 aliphatic carbocycles. The Bertz CT molecular complexity index is 112. The number of rotatable bonds is 1. The van der Waals surface area contributed by atoms with Gasteiger partial charge in [0.1, 0.15) is 0 Å².